The average molecular weight is 339 g/mol. The number of hydrogen-bond donors (Lipinski definition) is 2. The van der Waals surface area contributed by atoms with E-state index < -0.39 is 0 Å². The quantitative estimate of drug-likeness (QED) is 0.593. The molecule has 0 bridgehead atoms. The summed E-state index contributed by atoms with van der Waals surface area (Å²) in [6, 6.07) is 10.9. The molecular formula is C19H21N3O3. The van der Waals surface area contributed by atoms with Gasteiger partial charge in [0.05, 0.1) is 0 Å². The monoisotopic (exact) mass is 339 g/mol. The molecule has 0 spiro atoms. The Kier molecular flexibility index (Phi) is 5.09. The third-order valence-electron chi connectivity index (χ3n) is 4.34. The summed E-state index contributed by atoms with van der Waals surface area (Å²) in [4.78, 5) is 38.4. The van der Waals surface area contributed by atoms with Crippen molar-refractivity contribution in [3.63, 3.8) is 0 Å². The molecular weight excluding hydrogens is 318 g/mol. The Labute approximate surface area is 146 Å². The number of hydrogen-bond acceptors (Lipinski definition) is 4. The molecule has 3 rings (SSSR count). The second-order valence-electron chi connectivity index (χ2n) is 6.07. The molecule has 0 aliphatic carbocycles. The van der Waals surface area contributed by atoms with E-state index in [1.807, 2.05) is 24.3 Å². The van der Waals surface area contributed by atoms with E-state index in [1.165, 1.54) is 4.90 Å². The zero-order chi connectivity index (χ0) is 17.8. The van der Waals surface area contributed by atoms with E-state index in [-0.39, 0.29) is 30.7 Å². The van der Waals surface area contributed by atoms with Crippen molar-refractivity contribution in [2.75, 3.05) is 19.6 Å². The molecule has 2 aromatic carbocycles. The van der Waals surface area contributed by atoms with Crippen molar-refractivity contribution in [3.8, 4) is 0 Å². The van der Waals surface area contributed by atoms with Gasteiger partial charge in [-0.25, -0.2) is 0 Å². The number of nitrogens with two attached hydrogens (primary N) is 1. The predicted molar refractivity (Wildman–Crippen MR) is 95.2 cm³/mol. The molecule has 0 saturated heterocycles. The zero-order valence-electron chi connectivity index (χ0n) is 14.0. The van der Waals surface area contributed by atoms with Gasteiger partial charge in [-0.05, 0) is 36.9 Å². The molecule has 6 heteroatoms. The highest BCUT2D eigenvalue weighted by Crippen LogP contribution is 2.29. The molecule has 3 N–H and O–H groups in total. The molecule has 0 unspecified atom stereocenters. The van der Waals surface area contributed by atoms with Crippen LogP contribution >= 0.6 is 0 Å². The summed E-state index contributed by atoms with van der Waals surface area (Å²) in [6.45, 7) is 1.31. The fourth-order valence-corrected chi connectivity index (χ4v) is 3.10. The van der Waals surface area contributed by atoms with Gasteiger partial charge < -0.3 is 11.1 Å². The smallest absolute Gasteiger partial charge is 0.261 e. The van der Waals surface area contributed by atoms with Gasteiger partial charge in [-0.15, -0.1) is 0 Å². The van der Waals surface area contributed by atoms with Gasteiger partial charge in [-0.3, -0.25) is 19.3 Å². The maximum atomic E-state index is 12.7. The van der Waals surface area contributed by atoms with Gasteiger partial charge in [0.15, 0.2) is 0 Å². The van der Waals surface area contributed by atoms with Gasteiger partial charge in [0.25, 0.3) is 11.8 Å². The van der Waals surface area contributed by atoms with Gasteiger partial charge in [0, 0.05) is 36.0 Å². The molecule has 0 radical (unpaired) electrons. The molecule has 0 aromatic heterocycles. The second-order valence-corrected chi connectivity index (χ2v) is 6.07. The van der Waals surface area contributed by atoms with Gasteiger partial charge in [-0.2, -0.15) is 0 Å². The molecule has 130 valence electrons. The lowest BCUT2D eigenvalue weighted by atomic mass is 9.94. The normalized spacial score (nSPS) is 13.4. The van der Waals surface area contributed by atoms with Crippen LogP contribution < -0.4 is 11.1 Å². The summed E-state index contributed by atoms with van der Waals surface area (Å²) in [6.07, 6.45) is 1.44. The van der Waals surface area contributed by atoms with Gasteiger partial charge >= 0.3 is 0 Å². The van der Waals surface area contributed by atoms with Crippen LogP contribution in [-0.2, 0) is 4.79 Å². The van der Waals surface area contributed by atoms with E-state index in [2.05, 4.69) is 5.32 Å². The first-order chi connectivity index (χ1) is 12.1. The Morgan fingerprint density at radius 2 is 1.64 bits per heavy atom. The predicted octanol–water partition coefficient (Wildman–Crippen LogP) is 1.68. The summed E-state index contributed by atoms with van der Waals surface area (Å²) in [5, 5.41) is 4.37. The number of benzene rings is 2. The Morgan fingerprint density at radius 1 is 1.00 bits per heavy atom. The van der Waals surface area contributed by atoms with Crippen molar-refractivity contribution in [2.45, 2.75) is 19.3 Å². The first kappa shape index (κ1) is 17.1. The lowest BCUT2D eigenvalue weighted by Gasteiger charge is -2.27. The first-order valence-corrected chi connectivity index (χ1v) is 8.48. The van der Waals surface area contributed by atoms with Crippen molar-refractivity contribution in [3.05, 3.63) is 47.5 Å². The van der Waals surface area contributed by atoms with E-state index in [1.54, 1.807) is 12.1 Å². The van der Waals surface area contributed by atoms with Crippen LogP contribution in [0.1, 0.15) is 40.0 Å². The number of nitrogens with zero attached hydrogens (tertiary/aromatic N) is 1. The van der Waals surface area contributed by atoms with Crippen molar-refractivity contribution in [2.24, 2.45) is 5.73 Å². The molecule has 1 heterocycles. The van der Waals surface area contributed by atoms with Crippen LogP contribution in [0.2, 0.25) is 0 Å². The van der Waals surface area contributed by atoms with Crippen LogP contribution in [-0.4, -0.2) is 42.3 Å². The number of amides is 3. The Bertz CT molecular complexity index is 781. The fraction of sp³-hybridized carbons (Fsp3) is 0.316. The first-order valence-electron chi connectivity index (χ1n) is 8.48. The summed E-state index contributed by atoms with van der Waals surface area (Å²) in [5.74, 6) is -0.677. The maximum Gasteiger partial charge on any atom is 0.261 e. The number of carbonyl (C=O) groups excluding carboxylic acids is 3. The Balaban J connectivity index is 1.69. The Hall–Kier alpha value is -2.73. The number of imide groups is 1. The van der Waals surface area contributed by atoms with Crippen molar-refractivity contribution in [1.82, 2.24) is 10.2 Å². The molecule has 0 fully saturated rings. The molecule has 0 saturated carbocycles. The van der Waals surface area contributed by atoms with Gasteiger partial charge in [-0.1, -0.05) is 24.3 Å². The van der Waals surface area contributed by atoms with E-state index in [0.717, 1.165) is 17.2 Å². The highest BCUT2D eigenvalue weighted by molar-refractivity contribution is 6.25. The summed E-state index contributed by atoms with van der Waals surface area (Å²) >= 11 is 0. The largest absolute Gasteiger partial charge is 0.356 e. The minimum atomic E-state index is -0.294. The van der Waals surface area contributed by atoms with Crippen molar-refractivity contribution < 1.29 is 14.4 Å². The van der Waals surface area contributed by atoms with E-state index in [9.17, 15) is 14.4 Å². The summed E-state index contributed by atoms with van der Waals surface area (Å²) < 4.78 is 0. The minimum Gasteiger partial charge on any atom is -0.356 e. The minimum absolute atomic E-state index is 0.0899. The van der Waals surface area contributed by atoms with E-state index in [4.69, 9.17) is 5.73 Å². The maximum absolute atomic E-state index is 12.7. The SMILES string of the molecule is NCCCNC(=O)CCCN1C(=O)c2cccc3cccc(c23)C1=O. The number of carbonyl (C=O) groups is 3. The molecule has 0 atom stereocenters. The van der Waals surface area contributed by atoms with Crippen LogP contribution in [0, 0.1) is 0 Å². The van der Waals surface area contributed by atoms with Gasteiger partial charge in [0.1, 0.15) is 0 Å². The molecule has 3 amide bonds. The summed E-state index contributed by atoms with van der Waals surface area (Å²) in [7, 11) is 0. The molecule has 2 aromatic rings. The van der Waals surface area contributed by atoms with Crippen LogP contribution in [0.5, 0.6) is 0 Å². The van der Waals surface area contributed by atoms with E-state index in [0.29, 0.717) is 30.6 Å². The highest BCUT2D eigenvalue weighted by atomic mass is 16.2. The lowest BCUT2D eigenvalue weighted by Crippen LogP contribution is -2.41. The second kappa shape index (κ2) is 7.44. The van der Waals surface area contributed by atoms with Crippen LogP contribution in [0.15, 0.2) is 36.4 Å². The molecule has 1 aliphatic rings. The number of rotatable bonds is 7. The fourth-order valence-electron chi connectivity index (χ4n) is 3.10. The van der Waals surface area contributed by atoms with Crippen molar-refractivity contribution >= 4 is 28.5 Å². The van der Waals surface area contributed by atoms with Crippen molar-refractivity contribution in [1.29, 1.82) is 0 Å². The molecule has 1 aliphatic heterocycles. The van der Waals surface area contributed by atoms with Gasteiger partial charge in [0.2, 0.25) is 5.91 Å². The van der Waals surface area contributed by atoms with Crippen LogP contribution in [0.3, 0.4) is 0 Å². The highest BCUT2D eigenvalue weighted by Gasteiger charge is 2.32. The Morgan fingerprint density at radius 3 is 2.24 bits per heavy atom. The average Bonchev–Trinajstić information content (AvgIpc) is 2.62. The van der Waals surface area contributed by atoms with Crippen LogP contribution in [0.4, 0.5) is 0 Å². The number of nitrogens with one attached hydrogen (secondary N) is 1. The molecule has 25 heavy (non-hydrogen) atoms. The van der Waals surface area contributed by atoms with Crippen LogP contribution in [0.25, 0.3) is 10.8 Å². The zero-order valence-corrected chi connectivity index (χ0v) is 14.0. The van der Waals surface area contributed by atoms with E-state index >= 15 is 0 Å². The third-order valence-corrected chi connectivity index (χ3v) is 4.34. The lowest BCUT2D eigenvalue weighted by molar-refractivity contribution is -0.121. The third kappa shape index (κ3) is 3.39. The topological polar surface area (TPSA) is 92.5 Å². The summed E-state index contributed by atoms with van der Waals surface area (Å²) in [5.41, 5.74) is 6.46. The molecule has 6 nitrogen and oxygen atoms in total. The standard InChI is InChI=1S/C19H21N3O3/c20-10-4-11-21-16(23)9-3-12-22-18(24)14-7-1-5-13-6-2-8-15(17(13)14)19(22)25/h1-2,5-8H,3-4,9-12,20H2,(H,21,23).